The van der Waals surface area contributed by atoms with Gasteiger partial charge in [0.05, 0.1) is 35.7 Å². The minimum atomic E-state index is -0.172. The average molecular weight is 492 g/mol. The van der Waals surface area contributed by atoms with E-state index in [2.05, 4.69) is 51.5 Å². The first-order valence-corrected chi connectivity index (χ1v) is 12.2. The minimum Gasteiger partial charge on any atom is -0.394 e. The van der Waals surface area contributed by atoms with Crippen LogP contribution in [-0.2, 0) is 18.5 Å². The van der Waals surface area contributed by atoms with Gasteiger partial charge in [0.2, 0.25) is 5.95 Å². The number of rotatable bonds is 8. The van der Waals surface area contributed by atoms with Crippen LogP contribution in [0, 0.1) is 6.92 Å². The van der Waals surface area contributed by atoms with Gasteiger partial charge in [0.15, 0.2) is 0 Å². The first-order valence-electron chi connectivity index (χ1n) is 11.3. The second-order valence-corrected chi connectivity index (χ2v) is 10.1. The third-order valence-corrected chi connectivity index (χ3v) is 6.60. The highest BCUT2D eigenvalue weighted by Crippen LogP contribution is 2.26. The molecule has 0 bridgehead atoms. The Morgan fingerprint density at radius 1 is 1.20 bits per heavy atom. The van der Waals surface area contributed by atoms with Crippen molar-refractivity contribution in [2.24, 2.45) is 0 Å². The number of carbonyl (C=O) groups excluding carboxylic acids is 1. The van der Waals surface area contributed by atoms with Gasteiger partial charge in [0, 0.05) is 35.3 Å². The number of anilines is 2. The predicted octanol–water partition coefficient (Wildman–Crippen LogP) is 4.07. The van der Waals surface area contributed by atoms with Crippen LogP contribution < -0.4 is 10.6 Å². The van der Waals surface area contributed by atoms with Crippen LogP contribution in [0.3, 0.4) is 0 Å². The Labute approximate surface area is 208 Å². The molecule has 0 atom stereocenters. The quantitative estimate of drug-likeness (QED) is 0.340. The molecule has 3 N–H and O–H groups in total. The predicted molar refractivity (Wildman–Crippen MR) is 137 cm³/mol. The van der Waals surface area contributed by atoms with E-state index in [1.54, 1.807) is 23.3 Å². The van der Waals surface area contributed by atoms with Gasteiger partial charge in [-0.2, -0.15) is 5.10 Å². The monoisotopic (exact) mass is 491 g/mol. The number of nitrogens with one attached hydrogen (secondary N) is 2. The van der Waals surface area contributed by atoms with Crippen molar-refractivity contribution in [2.75, 3.05) is 11.9 Å². The lowest BCUT2D eigenvalue weighted by Gasteiger charge is -2.13. The number of aryl methyl sites for hydroxylation is 1. The minimum absolute atomic E-state index is 0.0230. The molecule has 0 spiro atoms. The van der Waals surface area contributed by atoms with Gasteiger partial charge in [-0.1, -0.05) is 32.9 Å². The van der Waals surface area contributed by atoms with Gasteiger partial charge in [-0.15, -0.1) is 11.3 Å². The van der Waals surface area contributed by atoms with Gasteiger partial charge in [0.25, 0.3) is 5.91 Å². The topological polar surface area (TPSA) is 118 Å². The molecule has 3 aromatic heterocycles. The SMILES string of the molecule is Cc1cc(-c2ccnc(Nc3cnn(CCO)c3)n2)ccc1CNC(=O)c1csc(C(C)(C)C)n1. The van der Waals surface area contributed by atoms with Crippen molar-refractivity contribution in [3.05, 3.63) is 70.1 Å². The first-order chi connectivity index (χ1) is 16.7. The summed E-state index contributed by atoms with van der Waals surface area (Å²) in [5.41, 5.74) is 4.93. The standard InChI is InChI=1S/C25H29N7O2S/c1-16-11-17(20-7-8-26-24(31-20)29-19-13-28-32(14-19)9-10-33)5-6-18(16)12-27-22(34)21-15-35-23(30-21)25(2,3)4/h5-8,11,13-15,33H,9-10,12H2,1-4H3,(H,27,34)(H,26,29,31). The molecule has 0 aliphatic heterocycles. The number of carbonyl (C=O) groups is 1. The second kappa shape index (κ2) is 10.3. The number of hydrogen-bond acceptors (Lipinski definition) is 8. The van der Waals surface area contributed by atoms with Crippen LogP contribution in [0.2, 0.25) is 0 Å². The fourth-order valence-corrected chi connectivity index (χ4v) is 4.29. The summed E-state index contributed by atoms with van der Waals surface area (Å²) in [6.45, 7) is 9.14. The Morgan fingerprint density at radius 2 is 2.03 bits per heavy atom. The average Bonchev–Trinajstić information content (AvgIpc) is 3.49. The first kappa shape index (κ1) is 24.5. The number of thiazole rings is 1. The van der Waals surface area contributed by atoms with Gasteiger partial charge in [0.1, 0.15) is 5.69 Å². The molecule has 0 saturated heterocycles. The Kier molecular flexibility index (Phi) is 7.23. The maximum absolute atomic E-state index is 12.6. The molecule has 0 unspecified atom stereocenters. The van der Waals surface area contributed by atoms with Crippen molar-refractivity contribution in [3.8, 4) is 11.3 Å². The summed E-state index contributed by atoms with van der Waals surface area (Å²) in [6.07, 6.45) is 5.15. The number of nitrogens with zero attached hydrogens (tertiary/aromatic N) is 5. The fourth-order valence-electron chi connectivity index (χ4n) is 3.40. The normalized spacial score (nSPS) is 11.5. The molecule has 3 heterocycles. The molecule has 4 aromatic rings. The summed E-state index contributed by atoms with van der Waals surface area (Å²) in [7, 11) is 0. The highest BCUT2D eigenvalue weighted by Gasteiger charge is 2.20. The van der Waals surface area contributed by atoms with E-state index >= 15 is 0 Å². The smallest absolute Gasteiger partial charge is 0.271 e. The highest BCUT2D eigenvalue weighted by molar-refractivity contribution is 7.10. The van der Waals surface area contributed by atoms with Crippen molar-refractivity contribution in [2.45, 2.75) is 46.2 Å². The number of aliphatic hydroxyl groups is 1. The van der Waals surface area contributed by atoms with Crippen molar-refractivity contribution in [1.29, 1.82) is 0 Å². The van der Waals surface area contributed by atoms with Crippen LogP contribution in [0.1, 0.15) is 47.4 Å². The molecule has 0 fully saturated rings. The third kappa shape index (κ3) is 6.09. The zero-order valence-electron chi connectivity index (χ0n) is 20.2. The maximum Gasteiger partial charge on any atom is 0.271 e. The van der Waals surface area contributed by atoms with Gasteiger partial charge in [-0.05, 0) is 30.2 Å². The summed E-state index contributed by atoms with van der Waals surface area (Å²) in [5, 5.41) is 22.1. The van der Waals surface area contributed by atoms with E-state index in [0.29, 0.717) is 24.7 Å². The Hall–Kier alpha value is -3.63. The van der Waals surface area contributed by atoms with Gasteiger partial charge in [-0.3, -0.25) is 9.48 Å². The molecular formula is C25H29N7O2S. The van der Waals surface area contributed by atoms with Crippen LogP contribution in [0.25, 0.3) is 11.3 Å². The molecule has 1 aromatic carbocycles. The molecule has 4 rings (SSSR count). The third-order valence-electron chi connectivity index (χ3n) is 5.33. The largest absolute Gasteiger partial charge is 0.394 e. The van der Waals surface area contributed by atoms with Crippen molar-refractivity contribution >= 4 is 28.9 Å². The number of amides is 1. The number of hydrogen-bond donors (Lipinski definition) is 3. The Morgan fingerprint density at radius 3 is 2.74 bits per heavy atom. The lowest BCUT2D eigenvalue weighted by molar-refractivity contribution is 0.0946. The Balaban J connectivity index is 1.42. The zero-order valence-corrected chi connectivity index (χ0v) is 21.1. The van der Waals surface area contributed by atoms with Crippen LogP contribution in [-0.4, -0.2) is 42.4 Å². The lowest BCUT2D eigenvalue weighted by Crippen LogP contribution is -2.24. The molecule has 10 heteroatoms. The Bertz CT molecular complexity index is 1320. The van der Waals surface area contributed by atoms with Gasteiger partial charge in [-0.25, -0.2) is 15.0 Å². The van der Waals surface area contributed by atoms with E-state index < -0.39 is 0 Å². The fraction of sp³-hybridized carbons (Fsp3) is 0.320. The molecule has 35 heavy (non-hydrogen) atoms. The summed E-state index contributed by atoms with van der Waals surface area (Å²) < 4.78 is 1.64. The summed E-state index contributed by atoms with van der Waals surface area (Å²) >= 11 is 1.51. The van der Waals surface area contributed by atoms with E-state index in [-0.39, 0.29) is 17.9 Å². The molecule has 0 aliphatic rings. The molecular weight excluding hydrogens is 462 g/mol. The summed E-state index contributed by atoms with van der Waals surface area (Å²) in [4.78, 5) is 26.0. The maximum atomic E-state index is 12.6. The molecule has 0 aliphatic carbocycles. The van der Waals surface area contributed by atoms with Crippen molar-refractivity contribution < 1.29 is 9.90 Å². The van der Waals surface area contributed by atoms with E-state index in [4.69, 9.17) is 5.11 Å². The molecule has 1 amide bonds. The van der Waals surface area contributed by atoms with E-state index in [1.807, 2.05) is 36.6 Å². The van der Waals surface area contributed by atoms with Gasteiger partial charge >= 0.3 is 0 Å². The summed E-state index contributed by atoms with van der Waals surface area (Å²) in [6, 6.07) is 7.89. The molecule has 9 nitrogen and oxygen atoms in total. The van der Waals surface area contributed by atoms with Crippen molar-refractivity contribution in [1.82, 2.24) is 30.0 Å². The van der Waals surface area contributed by atoms with Crippen LogP contribution in [0.5, 0.6) is 0 Å². The summed E-state index contributed by atoms with van der Waals surface area (Å²) in [5.74, 6) is 0.284. The van der Waals surface area contributed by atoms with Crippen LogP contribution in [0.15, 0.2) is 48.2 Å². The van der Waals surface area contributed by atoms with E-state index in [9.17, 15) is 4.79 Å². The molecule has 182 valence electrons. The number of aromatic nitrogens is 5. The molecule has 0 radical (unpaired) electrons. The van der Waals surface area contributed by atoms with Gasteiger partial charge < -0.3 is 15.7 Å². The zero-order chi connectivity index (χ0) is 25.0. The van der Waals surface area contributed by atoms with E-state index in [1.165, 1.54) is 11.3 Å². The number of benzene rings is 1. The lowest BCUT2D eigenvalue weighted by atomic mass is 9.98. The second-order valence-electron chi connectivity index (χ2n) is 9.22. The highest BCUT2D eigenvalue weighted by atomic mass is 32.1. The number of aliphatic hydroxyl groups excluding tert-OH is 1. The van der Waals surface area contributed by atoms with Crippen molar-refractivity contribution in [3.63, 3.8) is 0 Å². The van der Waals surface area contributed by atoms with Crippen LogP contribution in [0.4, 0.5) is 11.6 Å². The molecule has 0 saturated carbocycles. The van der Waals surface area contributed by atoms with E-state index in [0.717, 1.165) is 33.1 Å². The van der Waals surface area contributed by atoms with Crippen LogP contribution >= 0.6 is 11.3 Å².